The number of hydrogen-bond donors (Lipinski definition) is 0. The van der Waals surface area contributed by atoms with E-state index >= 15 is 0 Å². The summed E-state index contributed by atoms with van der Waals surface area (Å²) in [6, 6.07) is 43.1. The van der Waals surface area contributed by atoms with E-state index in [9.17, 15) is 8.42 Å². The van der Waals surface area contributed by atoms with Crippen LogP contribution in [0.5, 0.6) is 0 Å². The molecule has 0 aliphatic heterocycles. The number of aromatic nitrogens is 4. The molecule has 0 saturated heterocycles. The van der Waals surface area contributed by atoms with Crippen molar-refractivity contribution >= 4 is 97.3 Å². The molecule has 6 aromatic carbocycles. The second-order valence-electron chi connectivity index (χ2n) is 13.9. The Morgan fingerprint density at radius 3 is 1.33 bits per heavy atom. The molecule has 0 amide bonds. The van der Waals surface area contributed by atoms with Gasteiger partial charge in [0.25, 0.3) is 0 Å². The molecular formula is C46H26N4O4S. The van der Waals surface area contributed by atoms with E-state index < -0.39 is 9.84 Å². The Morgan fingerprint density at radius 1 is 0.400 bits per heavy atom. The first-order valence-electron chi connectivity index (χ1n) is 17.9. The van der Waals surface area contributed by atoms with Gasteiger partial charge in [-0.15, -0.1) is 0 Å². The van der Waals surface area contributed by atoms with E-state index in [1.54, 1.807) is 24.5 Å². The highest BCUT2D eigenvalue weighted by molar-refractivity contribution is 7.91. The SMILES string of the molecule is O=S(=O)(c1ccc2c(c1)c1ccccc1n2-c1ccc2oc3ccncc3c2c1)c1ccc2c(c1)c1ccccc1n2-c1ccc2oc3ccncc3c2c1. The number of pyridine rings is 2. The van der Waals surface area contributed by atoms with Gasteiger partial charge in [0.1, 0.15) is 22.3 Å². The minimum atomic E-state index is -3.92. The molecule has 260 valence electrons. The van der Waals surface area contributed by atoms with Crippen molar-refractivity contribution in [2.75, 3.05) is 0 Å². The van der Waals surface area contributed by atoms with Crippen molar-refractivity contribution in [1.29, 1.82) is 0 Å². The molecule has 55 heavy (non-hydrogen) atoms. The molecule has 8 nitrogen and oxygen atoms in total. The molecule has 0 radical (unpaired) electrons. The summed E-state index contributed by atoms with van der Waals surface area (Å²) in [4.78, 5) is 9.11. The zero-order chi connectivity index (χ0) is 36.4. The number of nitrogens with zero attached hydrogens (tertiary/aromatic N) is 4. The Morgan fingerprint density at radius 2 is 0.836 bits per heavy atom. The maximum absolute atomic E-state index is 14.6. The topological polar surface area (TPSA) is 96.1 Å². The Labute approximate surface area is 312 Å². The van der Waals surface area contributed by atoms with Crippen LogP contribution in [0.1, 0.15) is 0 Å². The van der Waals surface area contributed by atoms with Crippen LogP contribution < -0.4 is 0 Å². The maximum Gasteiger partial charge on any atom is 0.206 e. The Bertz CT molecular complexity index is 3460. The molecule has 12 aromatic rings. The summed E-state index contributed by atoms with van der Waals surface area (Å²) in [5.41, 5.74) is 8.78. The minimum absolute atomic E-state index is 0.235. The highest BCUT2D eigenvalue weighted by Gasteiger charge is 2.23. The molecule has 0 unspecified atom stereocenters. The number of rotatable bonds is 4. The molecule has 0 fully saturated rings. The quantitative estimate of drug-likeness (QED) is 0.179. The van der Waals surface area contributed by atoms with Crippen molar-refractivity contribution in [3.8, 4) is 11.4 Å². The fraction of sp³-hybridized carbons (Fsp3) is 0. The summed E-state index contributed by atoms with van der Waals surface area (Å²) >= 11 is 0. The highest BCUT2D eigenvalue weighted by atomic mass is 32.2. The lowest BCUT2D eigenvalue weighted by molar-refractivity contribution is 0.596. The van der Waals surface area contributed by atoms with Crippen LogP contribution in [0.3, 0.4) is 0 Å². The van der Waals surface area contributed by atoms with Gasteiger partial charge in [-0.25, -0.2) is 8.42 Å². The molecule has 0 N–H and O–H groups in total. The predicted octanol–water partition coefficient (Wildman–Crippen LogP) is 11.3. The maximum atomic E-state index is 14.6. The molecule has 0 saturated carbocycles. The molecule has 6 heterocycles. The van der Waals surface area contributed by atoms with Crippen LogP contribution >= 0.6 is 0 Å². The van der Waals surface area contributed by atoms with Gasteiger partial charge in [-0.2, -0.15) is 0 Å². The molecule has 0 bridgehead atoms. The summed E-state index contributed by atoms with van der Waals surface area (Å²) in [5.74, 6) is 0. The standard InChI is InChI=1S/C46H26N4O4S/c51-55(52,29-11-13-41-33(23-29)31-5-1-3-7-39(31)49(41)27-9-15-43-35(21-27)37-25-47-19-17-45(37)53-43)30-12-14-42-34(24-30)32-6-2-4-8-40(32)50(42)28-10-16-44-36(22-28)38-26-48-20-18-46(38)54-44/h1-26H. The summed E-state index contributed by atoms with van der Waals surface area (Å²) in [5, 5.41) is 7.45. The molecular weight excluding hydrogens is 705 g/mol. The second kappa shape index (κ2) is 10.9. The van der Waals surface area contributed by atoms with Gasteiger partial charge in [0.2, 0.25) is 9.84 Å². The third-order valence-corrected chi connectivity index (χ3v) is 12.7. The molecule has 0 aliphatic rings. The van der Waals surface area contributed by atoms with Crippen molar-refractivity contribution in [3.63, 3.8) is 0 Å². The van der Waals surface area contributed by atoms with Crippen molar-refractivity contribution in [1.82, 2.24) is 19.1 Å². The van der Waals surface area contributed by atoms with Gasteiger partial charge >= 0.3 is 0 Å². The first kappa shape index (κ1) is 30.3. The molecule has 6 aromatic heterocycles. The van der Waals surface area contributed by atoms with Crippen LogP contribution in [0, 0.1) is 0 Å². The van der Waals surface area contributed by atoms with E-state index in [1.165, 1.54) is 0 Å². The second-order valence-corrected chi connectivity index (χ2v) is 15.8. The summed E-state index contributed by atoms with van der Waals surface area (Å²) in [7, 11) is -3.92. The molecule has 12 rings (SSSR count). The largest absolute Gasteiger partial charge is 0.456 e. The number of hydrogen-bond acceptors (Lipinski definition) is 6. The first-order chi connectivity index (χ1) is 27.0. The molecule has 0 spiro atoms. The average molecular weight is 731 g/mol. The summed E-state index contributed by atoms with van der Waals surface area (Å²) in [6.07, 6.45) is 7.10. The minimum Gasteiger partial charge on any atom is -0.456 e. The summed E-state index contributed by atoms with van der Waals surface area (Å²) < 4.78 is 45.7. The van der Waals surface area contributed by atoms with Crippen LogP contribution in [0.15, 0.2) is 177 Å². The fourth-order valence-electron chi connectivity index (χ4n) is 8.43. The van der Waals surface area contributed by atoms with Crippen molar-refractivity contribution in [3.05, 3.63) is 158 Å². The highest BCUT2D eigenvalue weighted by Crippen LogP contribution is 2.39. The lowest BCUT2D eigenvalue weighted by atomic mass is 10.1. The van der Waals surface area contributed by atoms with Gasteiger partial charge in [-0.3, -0.25) is 9.97 Å². The Kier molecular flexibility index (Phi) is 6.00. The van der Waals surface area contributed by atoms with Gasteiger partial charge in [-0.05, 0) is 97.1 Å². The van der Waals surface area contributed by atoms with E-state index in [0.717, 1.165) is 98.9 Å². The lowest BCUT2D eigenvalue weighted by Gasteiger charge is -2.10. The van der Waals surface area contributed by atoms with Gasteiger partial charge in [0, 0.05) is 79.3 Å². The molecule has 0 aliphatic carbocycles. The molecule has 9 heteroatoms. The smallest absolute Gasteiger partial charge is 0.206 e. The Balaban J connectivity index is 1.01. The van der Waals surface area contributed by atoms with E-state index in [2.05, 4.69) is 43.4 Å². The number of benzene rings is 6. The zero-order valence-corrected chi connectivity index (χ0v) is 29.7. The fourth-order valence-corrected chi connectivity index (χ4v) is 9.74. The van der Waals surface area contributed by atoms with Crippen LogP contribution in [0.25, 0.3) is 98.9 Å². The Hall–Kier alpha value is -7.23. The van der Waals surface area contributed by atoms with E-state index in [4.69, 9.17) is 8.83 Å². The van der Waals surface area contributed by atoms with E-state index in [1.807, 2.05) is 109 Å². The van der Waals surface area contributed by atoms with Crippen molar-refractivity contribution in [2.24, 2.45) is 0 Å². The number of sulfone groups is 1. The normalized spacial score (nSPS) is 12.5. The number of para-hydroxylation sites is 2. The third kappa shape index (κ3) is 4.24. The predicted molar refractivity (Wildman–Crippen MR) is 217 cm³/mol. The van der Waals surface area contributed by atoms with E-state index in [0.29, 0.717) is 0 Å². The summed E-state index contributed by atoms with van der Waals surface area (Å²) in [6.45, 7) is 0. The van der Waals surface area contributed by atoms with Crippen LogP contribution in [0.4, 0.5) is 0 Å². The van der Waals surface area contributed by atoms with Gasteiger partial charge in [-0.1, -0.05) is 36.4 Å². The van der Waals surface area contributed by atoms with Crippen LogP contribution in [-0.2, 0) is 9.84 Å². The van der Waals surface area contributed by atoms with Crippen LogP contribution in [0.2, 0.25) is 0 Å². The van der Waals surface area contributed by atoms with Crippen molar-refractivity contribution < 1.29 is 17.3 Å². The molecule has 0 atom stereocenters. The lowest BCUT2D eigenvalue weighted by Crippen LogP contribution is -2.02. The van der Waals surface area contributed by atoms with Crippen LogP contribution in [-0.4, -0.2) is 27.5 Å². The first-order valence-corrected chi connectivity index (χ1v) is 19.3. The zero-order valence-electron chi connectivity index (χ0n) is 28.8. The van der Waals surface area contributed by atoms with Gasteiger partial charge in [0.05, 0.1) is 31.9 Å². The van der Waals surface area contributed by atoms with Gasteiger partial charge in [0.15, 0.2) is 0 Å². The number of furan rings is 2. The monoisotopic (exact) mass is 730 g/mol. The van der Waals surface area contributed by atoms with Gasteiger partial charge < -0.3 is 18.0 Å². The van der Waals surface area contributed by atoms with Crippen molar-refractivity contribution in [2.45, 2.75) is 9.79 Å². The third-order valence-electron chi connectivity index (χ3n) is 10.9. The van der Waals surface area contributed by atoms with E-state index in [-0.39, 0.29) is 9.79 Å². The number of fused-ring (bicyclic) bond motifs is 12. The average Bonchev–Trinajstić information content (AvgIpc) is 3.97.